The smallest absolute Gasteiger partial charge is 0.251 e. The molecule has 0 aromatic heterocycles. The van der Waals surface area contributed by atoms with E-state index in [2.05, 4.69) is 19.2 Å². The molecule has 2 rings (SSSR count). The summed E-state index contributed by atoms with van der Waals surface area (Å²) < 4.78 is 17.0. The molecule has 1 aliphatic rings. The first-order valence-electron chi connectivity index (χ1n) is 9.35. The summed E-state index contributed by atoms with van der Waals surface area (Å²) >= 11 is 0. The lowest BCUT2D eigenvalue weighted by Crippen LogP contribution is -2.42. The van der Waals surface area contributed by atoms with E-state index in [1.54, 1.807) is 18.2 Å². The van der Waals surface area contributed by atoms with E-state index in [4.69, 9.17) is 14.2 Å². The number of nitrogens with one attached hydrogen (secondary N) is 1. The van der Waals surface area contributed by atoms with E-state index in [0.29, 0.717) is 42.8 Å². The minimum absolute atomic E-state index is 0.0702. The van der Waals surface area contributed by atoms with Gasteiger partial charge in [0, 0.05) is 18.2 Å². The molecular weight excluding hydrogens is 318 g/mol. The van der Waals surface area contributed by atoms with Gasteiger partial charge in [0.25, 0.3) is 5.91 Å². The fraction of sp³-hybridized carbons (Fsp3) is 0.650. The molecule has 1 aromatic rings. The van der Waals surface area contributed by atoms with Crippen LogP contribution in [-0.4, -0.2) is 37.9 Å². The van der Waals surface area contributed by atoms with Crippen molar-refractivity contribution in [1.29, 1.82) is 0 Å². The highest BCUT2D eigenvalue weighted by molar-refractivity contribution is 5.95. The van der Waals surface area contributed by atoms with Crippen molar-refractivity contribution in [2.75, 3.05) is 19.8 Å². The number of hydrogen-bond donors (Lipinski definition) is 1. The van der Waals surface area contributed by atoms with Crippen LogP contribution in [-0.2, 0) is 4.74 Å². The molecule has 0 spiro atoms. The largest absolute Gasteiger partial charge is 0.490 e. The predicted molar refractivity (Wildman–Crippen MR) is 98.5 cm³/mol. The van der Waals surface area contributed by atoms with Crippen molar-refractivity contribution in [2.45, 2.75) is 59.1 Å². The summed E-state index contributed by atoms with van der Waals surface area (Å²) in [5, 5.41) is 3.14. The van der Waals surface area contributed by atoms with Crippen LogP contribution in [0.4, 0.5) is 0 Å². The molecule has 2 unspecified atom stereocenters. The first kappa shape index (κ1) is 19.6. The number of carbonyl (C=O) groups is 1. The van der Waals surface area contributed by atoms with Crippen LogP contribution in [0.2, 0.25) is 0 Å². The topological polar surface area (TPSA) is 56.8 Å². The highest BCUT2D eigenvalue weighted by atomic mass is 16.5. The van der Waals surface area contributed by atoms with Gasteiger partial charge in [-0.1, -0.05) is 13.8 Å². The lowest BCUT2D eigenvalue weighted by atomic mass is 9.96. The molecule has 0 saturated carbocycles. The van der Waals surface area contributed by atoms with Crippen LogP contribution in [0.1, 0.15) is 57.3 Å². The van der Waals surface area contributed by atoms with Gasteiger partial charge in [-0.15, -0.1) is 0 Å². The van der Waals surface area contributed by atoms with Crippen molar-refractivity contribution in [2.24, 2.45) is 5.92 Å². The highest BCUT2D eigenvalue weighted by Crippen LogP contribution is 2.29. The Bertz CT molecular complexity index is 559. The van der Waals surface area contributed by atoms with Gasteiger partial charge in [-0.05, 0) is 57.2 Å². The molecular formula is C20H31NO4. The average Bonchev–Trinajstić information content (AvgIpc) is 2.56. The first-order chi connectivity index (χ1) is 12.0. The summed E-state index contributed by atoms with van der Waals surface area (Å²) in [7, 11) is 0. The maximum atomic E-state index is 12.6. The van der Waals surface area contributed by atoms with E-state index in [9.17, 15) is 4.79 Å². The number of rotatable bonds is 8. The van der Waals surface area contributed by atoms with Crippen molar-refractivity contribution in [1.82, 2.24) is 5.32 Å². The fourth-order valence-electron chi connectivity index (χ4n) is 3.16. The van der Waals surface area contributed by atoms with Gasteiger partial charge < -0.3 is 19.5 Å². The SMILES string of the molecule is CCOc1ccc(C(=O)NC2CCOC(CC(C)C)C2)cc1OCC. The molecule has 1 fully saturated rings. The molecule has 0 radical (unpaired) electrons. The number of hydrogen-bond acceptors (Lipinski definition) is 4. The van der Waals surface area contributed by atoms with Gasteiger partial charge in [0.05, 0.1) is 19.3 Å². The molecule has 1 saturated heterocycles. The average molecular weight is 349 g/mol. The molecule has 1 aromatic carbocycles. The molecule has 5 nitrogen and oxygen atoms in total. The van der Waals surface area contributed by atoms with Crippen LogP contribution in [0.5, 0.6) is 11.5 Å². The Morgan fingerprint density at radius 3 is 2.64 bits per heavy atom. The molecule has 140 valence electrons. The summed E-state index contributed by atoms with van der Waals surface area (Å²) in [6.07, 6.45) is 3.00. The lowest BCUT2D eigenvalue weighted by molar-refractivity contribution is -0.00846. The second-order valence-electron chi connectivity index (χ2n) is 6.84. The number of carbonyl (C=O) groups excluding carboxylic acids is 1. The van der Waals surface area contributed by atoms with Gasteiger partial charge in [0.1, 0.15) is 0 Å². The van der Waals surface area contributed by atoms with Gasteiger partial charge in [-0.25, -0.2) is 0 Å². The van der Waals surface area contributed by atoms with Crippen molar-refractivity contribution in [3.05, 3.63) is 23.8 Å². The van der Waals surface area contributed by atoms with Gasteiger partial charge >= 0.3 is 0 Å². The van der Waals surface area contributed by atoms with E-state index in [0.717, 1.165) is 19.3 Å². The summed E-state index contributed by atoms with van der Waals surface area (Å²) in [6.45, 7) is 10.0. The highest BCUT2D eigenvalue weighted by Gasteiger charge is 2.25. The van der Waals surface area contributed by atoms with Crippen molar-refractivity contribution < 1.29 is 19.0 Å². The Balaban J connectivity index is 2.01. The zero-order valence-electron chi connectivity index (χ0n) is 15.8. The molecule has 1 aliphatic heterocycles. The first-order valence-corrected chi connectivity index (χ1v) is 9.35. The van der Waals surface area contributed by atoms with Gasteiger partial charge in [-0.2, -0.15) is 0 Å². The quantitative estimate of drug-likeness (QED) is 0.775. The van der Waals surface area contributed by atoms with Crippen molar-refractivity contribution in [3.8, 4) is 11.5 Å². The summed E-state index contributed by atoms with van der Waals surface area (Å²) in [6, 6.07) is 5.50. The zero-order chi connectivity index (χ0) is 18.2. The predicted octanol–water partition coefficient (Wildman–Crippen LogP) is 3.81. The van der Waals surface area contributed by atoms with Crippen LogP contribution >= 0.6 is 0 Å². The van der Waals surface area contributed by atoms with E-state index >= 15 is 0 Å². The Labute approximate surface area is 151 Å². The van der Waals surface area contributed by atoms with Crippen molar-refractivity contribution in [3.63, 3.8) is 0 Å². The normalized spacial score (nSPS) is 20.4. The van der Waals surface area contributed by atoms with E-state index in [1.165, 1.54) is 0 Å². The van der Waals surface area contributed by atoms with E-state index in [1.807, 2.05) is 13.8 Å². The van der Waals surface area contributed by atoms with E-state index < -0.39 is 0 Å². The number of ether oxygens (including phenoxy) is 3. The minimum Gasteiger partial charge on any atom is -0.490 e. The van der Waals surface area contributed by atoms with Gasteiger partial charge in [0.2, 0.25) is 0 Å². The second-order valence-corrected chi connectivity index (χ2v) is 6.84. The van der Waals surface area contributed by atoms with Crippen molar-refractivity contribution >= 4 is 5.91 Å². The third kappa shape index (κ3) is 5.92. The molecule has 5 heteroatoms. The van der Waals surface area contributed by atoms with E-state index in [-0.39, 0.29) is 18.1 Å². The monoisotopic (exact) mass is 349 g/mol. The summed E-state index contributed by atoms with van der Waals surface area (Å²) in [5.41, 5.74) is 0.596. The third-order valence-electron chi connectivity index (χ3n) is 4.24. The minimum atomic E-state index is -0.0702. The molecule has 0 aliphatic carbocycles. The van der Waals surface area contributed by atoms with Gasteiger partial charge in [-0.3, -0.25) is 4.79 Å². The number of amides is 1. The number of benzene rings is 1. The van der Waals surface area contributed by atoms with Crippen LogP contribution in [0.25, 0.3) is 0 Å². The molecule has 1 amide bonds. The Hall–Kier alpha value is -1.75. The van der Waals surface area contributed by atoms with Gasteiger partial charge in [0.15, 0.2) is 11.5 Å². The maximum absolute atomic E-state index is 12.6. The lowest BCUT2D eigenvalue weighted by Gasteiger charge is -2.31. The third-order valence-corrected chi connectivity index (χ3v) is 4.24. The molecule has 25 heavy (non-hydrogen) atoms. The van der Waals surface area contributed by atoms with Crippen LogP contribution in [0, 0.1) is 5.92 Å². The summed E-state index contributed by atoms with van der Waals surface area (Å²) in [5.74, 6) is 1.81. The Morgan fingerprint density at radius 1 is 1.24 bits per heavy atom. The molecule has 1 heterocycles. The fourth-order valence-corrected chi connectivity index (χ4v) is 3.16. The second kappa shape index (κ2) is 9.66. The Kier molecular flexibility index (Phi) is 7.56. The summed E-state index contributed by atoms with van der Waals surface area (Å²) in [4.78, 5) is 12.6. The molecule has 2 atom stereocenters. The zero-order valence-corrected chi connectivity index (χ0v) is 15.8. The molecule has 0 bridgehead atoms. The van der Waals surface area contributed by atoms with Crippen LogP contribution in [0.15, 0.2) is 18.2 Å². The van der Waals surface area contributed by atoms with Crippen LogP contribution in [0.3, 0.4) is 0 Å². The Morgan fingerprint density at radius 2 is 1.96 bits per heavy atom. The maximum Gasteiger partial charge on any atom is 0.251 e. The van der Waals surface area contributed by atoms with Crippen LogP contribution < -0.4 is 14.8 Å². The standard InChI is InChI=1S/C20H31NO4/c1-5-23-18-8-7-15(12-19(18)24-6-2)20(22)21-16-9-10-25-17(13-16)11-14(3)4/h7-8,12,14,16-17H,5-6,9-11,13H2,1-4H3,(H,21,22). The molecule has 1 N–H and O–H groups in total.